The molecule has 0 saturated carbocycles. The summed E-state index contributed by atoms with van der Waals surface area (Å²) < 4.78 is 36.9. The lowest BCUT2D eigenvalue weighted by Gasteiger charge is -2.10. The number of hydrogen-bond acceptors (Lipinski definition) is 3. The van der Waals surface area contributed by atoms with E-state index in [1.165, 1.54) is 69.9 Å². The van der Waals surface area contributed by atoms with Crippen molar-refractivity contribution in [2.75, 3.05) is 6.61 Å². The molecule has 0 spiro atoms. The van der Waals surface area contributed by atoms with Crippen molar-refractivity contribution in [2.45, 2.75) is 89.4 Å². The van der Waals surface area contributed by atoms with Crippen molar-refractivity contribution >= 4 is 10.1 Å². The molecule has 0 aliphatic rings. The lowest BCUT2D eigenvalue weighted by atomic mass is 10.1. The van der Waals surface area contributed by atoms with E-state index in [-0.39, 0.29) is 4.90 Å². The molecule has 0 radical (unpaired) electrons. The van der Waals surface area contributed by atoms with Gasteiger partial charge in [-0.15, -0.1) is 0 Å². The van der Waals surface area contributed by atoms with Crippen molar-refractivity contribution in [2.24, 2.45) is 0 Å². The Balaban J connectivity index is 2.07. The minimum absolute atomic E-state index is 0.0907. The van der Waals surface area contributed by atoms with Gasteiger partial charge < -0.3 is 4.74 Å². The maximum atomic E-state index is 11.1. The van der Waals surface area contributed by atoms with Gasteiger partial charge in [0.05, 0.1) is 11.5 Å². The number of ether oxygens (including phenoxy) is 1. The van der Waals surface area contributed by atoms with Crippen molar-refractivity contribution in [1.29, 1.82) is 0 Å². The molecule has 25 heavy (non-hydrogen) atoms. The zero-order chi connectivity index (χ0) is 18.5. The molecule has 0 amide bonds. The van der Waals surface area contributed by atoms with Gasteiger partial charge in [0.25, 0.3) is 10.1 Å². The normalized spacial score (nSPS) is 11.6. The summed E-state index contributed by atoms with van der Waals surface area (Å²) in [5.41, 5.74) is 0.721. The van der Waals surface area contributed by atoms with Crippen molar-refractivity contribution in [3.63, 3.8) is 0 Å². The molecule has 1 N–H and O–H groups in total. The summed E-state index contributed by atoms with van der Waals surface area (Å²) in [7, 11) is -4.14. The van der Waals surface area contributed by atoms with Crippen LogP contribution < -0.4 is 4.74 Å². The van der Waals surface area contributed by atoms with Crippen LogP contribution in [0.3, 0.4) is 0 Å². The van der Waals surface area contributed by atoms with Gasteiger partial charge in [-0.25, -0.2) is 0 Å². The van der Waals surface area contributed by atoms with E-state index in [0.717, 1.165) is 18.4 Å². The first-order valence-electron chi connectivity index (χ1n) is 9.66. The highest BCUT2D eigenvalue weighted by Crippen LogP contribution is 2.22. The molecule has 144 valence electrons. The van der Waals surface area contributed by atoms with E-state index in [2.05, 4.69) is 6.92 Å². The standard InChI is InChI=1S/C20H34O4S/c1-3-4-5-6-7-8-9-10-11-12-13-16-24-20-15-14-19(17-18(20)2)25(21,22)23/h14-15,17H,3-13,16H2,1-2H3,(H,21,22,23). The summed E-state index contributed by atoms with van der Waals surface area (Å²) in [6.45, 7) is 4.67. The first-order chi connectivity index (χ1) is 11.9. The third kappa shape index (κ3) is 9.85. The maximum Gasteiger partial charge on any atom is 0.294 e. The van der Waals surface area contributed by atoms with Crippen LogP contribution in [-0.2, 0) is 10.1 Å². The third-order valence-corrected chi connectivity index (χ3v) is 5.30. The second-order valence-electron chi connectivity index (χ2n) is 6.79. The van der Waals surface area contributed by atoms with E-state index >= 15 is 0 Å². The SMILES string of the molecule is CCCCCCCCCCCCCOc1ccc(S(=O)(=O)O)cc1C. The minimum Gasteiger partial charge on any atom is -0.493 e. The van der Waals surface area contributed by atoms with Crippen molar-refractivity contribution in [3.05, 3.63) is 23.8 Å². The zero-order valence-corrected chi connectivity index (χ0v) is 16.6. The average Bonchev–Trinajstić information content (AvgIpc) is 2.56. The maximum absolute atomic E-state index is 11.1. The van der Waals surface area contributed by atoms with Crippen LogP contribution in [0.2, 0.25) is 0 Å². The van der Waals surface area contributed by atoms with Gasteiger partial charge >= 0.3 is 0 Å². The fraction of sp³-hybridized carbons (Fsp3) is 0.700. The van der Waals surface area contributed by atoms with Crippen LogP contribution in [0.1, 0.15) is 83.1 Å². The van der Waals surface area contributed by atoms with Crippen molar-refractivity contribution < 1.29 is 17.7 Å². The number of hydrogen-bond donors (Lipinski definition) is 1. The minimum atomic E-state index is -4.14. The van der Waals surface area contributed by atoms with Gasteiger partial charge in [0, 0.05) is 0 Å². The van der Waals surface area contributed by atoms with E-state index in [0.29, 0.717) is 12.4 Å². The summed E-state index contributed by atoms with van der Waals surface area (Å²) in [5.74, 6) is 0.680. The van der Waals surface area contributed by atoms with Crippen LogP contribution in [0.25, 0.3) is 0 Å². The average molecular weight is 371 g/mol. The molecule has 1 aromatic rings. The van der Waals surface area contributed by atoms with Crippen LogP contribution in [0, 0.1) is 6.92 Å². The Hall–Kier alpha value is -1.07. The van der Waals surface area contributed by atoms with Crippen molar-refractivity contribution in [3.8, 4) is 5.75 Å². The van der Waals surface area contributed by atoms with Crippen LogP contribution in [0.15, 0.2) is 23.1 Å². The van der Waals surface area contributed by atoms with Crippen LogP contribution in [0.4, 0.5) is 0 Å². The molecule has 0 saturated heterocycles. The number of rotatable bonds is 14. The zero-order valence-electron chi connectivity index (χ0n) is 15.8. The molecule has 0 aliphatic carbocycles. The molecule has 1 rings (SSSR count). The van der Waals surface area contributed by atoms with E-state index in [9.17, 15) is 8.42 Å². The van der Waals surface area contributed by atoms with Gasteiger partial charge in [-0.05, 0) is 37.1 Å². The van der Waals surface area contributed by atoms with E-state index in [1.54, 1.807) is 13.0 Å². The van der Waals surface area contributed by atoms with Crippen molar-refractivity contribution in [1.82, 2.24) is 0 Å². The largest absolute Gasteiger partial charge is 0.493 e. The predicted octanol–water partition coefficient (Wildman–Crippen LogP) is 5.93. The number of benzene rings is 1. The van der Waals surface area contributed by atoms with E-state index in [1.807, 2.05) is 0 Å². The van der Waals surface area contributed by atoms with Gasteiger partial charge in [-0.3, -0.25) is 4.55 Å². The molecule has 0 atom stereocenters. The fourth-order valence-corrected chi connectivity index (χ4v) is 3.46. The highest BCUT2D eigenvalue weighted by molar-refractivity contribution is 7.85. The van der Waals surface area contributed by atoms with E-state index in [4.69, 9.17) is 9.29 Å². The highest BCUT2D eigenvalue weighted by atomic mass is 32.2. The molecule has 0 bridgehead atoms. The molecule has 0 fully saturated rings. The Morgan fingerprint density at radius 1 is 0.880 bits per heavy atom. The summed E-state index contributed by atoms with van der Waals surface area (Å²) in [6.07, 6.45) is 14.3. The Labute approximate surface area is 153 Å². The smallest absolute Gasteiger partial charge is 0.294 e. The quantitative estimate of drug-likeness (QED) is 0.325. The lowest BCUT2D eigenvalue weighted by molar-refractivity contribution is 0.302. The lowest BCUT2D eigenvalue weighted by Crippen LogP contribution is -2.02. The summed E-state index contributed by atoms with van der Waals surface area (Å²) in [4.78, 5) is -0.0907. The molecule has 0 aromatic heterocycles. The highest BCUT2D eigenvalue weighted by Gasteiger charge is 2.11. The van der Waals surface area contributed by atoms with Gasteiger partial charge in [0.2, 0.25) is 0 Å². The monoisotopic (exact) mass is 370 g/mol. The molecule has 0 unspecified atom stereocenters. The Kier molecular flexibility index (Phi) is 10.8. The second-order valence-corrected chi connectivity index (χ2v) is 8.21. The molecule has 5 heteroatoms. The first-order valence-corrected chi connectivity index (χ1v) is 11.1. The Bertz CT molecular complexity index is 581. The molecule has 4 nitrogen and oxygen atoms in total. The number of unbranched alkanes of at least 4 members (excludes halogenated alkanes) is 10. The summed E-state index contributed by atoms with van der Waals surface area (Å²) >= 11 is 0. The molecule has 1 aromatic carbocycles. The predicted molar refractivity (Wildman–Crippen MR) is 103 cm³/mol. The van der Waals surface area contributed by atoms with Crippen LogP contribution in [-0.4, -0.2) is 19.6 Å². The Morgan fingerprint density at radius 3 is 1.88 bits per heavy atom. The molecular formula is C20H34O4S. The molecule has 0 aliphatic heterocycles. The first kappa shape index (κ1) is 22.0. The summed E-state index contributed by atoms with van der Waals surface area (Å²) in [5, 5.41) is 0. The topological polar surface area (TPSA) is 63.6 Å². The van der Waals surface area contributed by atoms with Crippen LogP contribution >= 0.6 is 0 Å². The fourth-order valence-electron chi connectivity index (χ4n) is 2.89. The molecule has 0 heterocycles. The second kappa shape index (κ2) is 12.3. The van der Waals surface area contributed by atoms with E-state index < -0.39 is 10.1 Å². The number of aryl methyl sites for hydroxylation is 1. The van der Waals surface area contributed by atoms with Gasteiger partial charge in [-0.1, -0.05) is 71.1 Å². The third-order valence-electron chi connectivity index (χ3n) is 4.45. The Morgan fingerprint density at radius 2 is 1.40 bits per heavy atom. The summed E-state index contributed by atoms with van der Waals surface area (Å²) in [6, 6.07) is 4.42. The van der Waals surface area contributed by atoms with Gasteiger partial charge in [-0.2, -0.15) is 8.42 Å². The van der Waals surface area contributed by atoms with Gasteiger partial charge in [0.1, 0.15) is 5.75 Å². The molecular weight excluding hydrogens is 336 g/mol. The van der Waals surface area contributed by atoms with Gasteiger partial charge in [0.15, 0.2) is 0 Å². The van der Waals surface area contributed by atoms with Crippen LogP contribution in [0.5, 0.6) is 5.75 Å².